The second kappa shape index (κ2) is 4.28. The molecule has 0 amide bonds. The van der Waals surface area contributed by atoms with Crippen LogP contribution in [0.25, 0.3) is 0 Å². The van der Waals surface area contributed by atoms with Crippen molar-refractivity contribution in [1.29, 1.82) is 0 Å². The standard InChI is InChI=1S/C10H21NO3/c1-9(2,3)7(8(13)14)11-10(4,5)6-12/h7,11-12H,6H2,1-5H3,(H,13,14). The first kappa shape index (κ1) is 13.4. The average molecular weight is 203 g/mol. The summed E-state index contributed by atoms with van der Waals surface area (Å²) >= 11 is 0. The van der Waals surface area contributed by atoms with Crippen LogP contribution in [0.15, 0.2) is 0 Å². The van der Waals surface area contributed by atoms with Crippen LogP contribution in [0.1, 0.15) is 34.6 Å². The zero-order valence-corrected chi connectivity index (χ0v) is 9.59. The molecule has 0 aromatic heterocycles. The van der Waals surface area contributed by atoms with E-state index in [-0.39, 0.29) is 12.0 Å². The molecule has 0 aliphatic heterocycles. The van der Waals surface area contributed by atoms with Gasteiger partial charge in [-0.05, 0) is 19.3 Å². The molecule has 0 fully saturated rings. The summed E-state index contributed by atoms with van der Waals surface area (Å²) in [5.41, 5.74) is -0.950. The monoisotopic (exact) mass is 203 g/mol. The van der Waals surface area contributed by atoms with Crippen molar-refractivity contribution in [1.82, 2.24) is 5.32 Å². The van der Waals surface area contributed by atoms with Crippen LogP contribution in [-0.2, 0) is 4.79 Å². The number of hydrogen-bond donors (Lipinski definition) is 3. The SMILES string of the molecule is CC(C)(CO)NC(C(=O)O)C(C)(C)C. The third-order valence-corrected chi connectivity index (χ3v) is 2.04. The fourth-order valence-corrected chi connectivity index (χ4v) is 1.09. The molecule has 4 nitrogen and oxygen atoms in total. The maximum Gasteiger partial charge on any atom is 0.321 e. The van der Waals surface area contributed by atoms with E-state index >= 15 is 0 Å². The second-order valence-electron chi connectivity index (χ2n) is 5.32. The van der Waals surface area contributed by atoms with Gasteiger partial charge in [0.25, 0.3) is 0 Å². The van der Waals surface area contributed by atoms with E-state index in [9.17, 15) is 4.79 Å². The van der Waals surface area contributed by atoms with Crippen molar-refractivity contribution in [2.45, 2.75) is 46.2 Å². The van der Waals surface area contributed by atoms with Crippen molar-refractivity contribution in [3.63, 3.8) is 0 Å². The van der Waals surface area contributed by atoms with E-state index in [0.29, 0.717) is 0 Å². The number of hydrogen-bond acceptors (Lipinski definition) is 3. The van der Waals surface area contributed by atoms with Crippen LogP contribution in [0.5, 0.6) is 0 Å². The number of carboxylic acids is 1. The highest BCUT2D eigenvalue weighted by Crippen LogP contribution is 2.21. The lowest BCUT2D eigenvalue weighted by Gasteiger charge is -2.35. The summed E-state index contributed by atoms with van der Waals surface area (Å²) in [6.07, 6.45) is 0. The third-order valence-electron chi connectivity index (χ3n) is 2.04. The molecule has 4 heteroatoms. The summed E-state index contributed by atoms with van der Waals surface area (Å²) in [7, 11) is 0. The van der Waals surface area contributed by atoms with Crippen molar-refractivity contribution in [3.05, 3.63) is 0 Å². The molecular weight excluding hydrogens is 182 g/mol. The van der Waals surface area contributed by atoms with Gasteiger partial charge < -0.3 is 10.2 Å². The topological polar surface area (TPSA) is 69.6 Å². The highest BCUT2D eigenvalue weighted by atomic mass is 16.4. The Morgan fingerprint density at radius 1 is 1.29 bits per heavy atom. The Hall–Kier alpha value is -0.610. The van der Waals surface area contributed by atoms with Crippen molar-refractivity contribution >= 4 is 5.97 Å². The van der Waals surface area contributed by atoms with Gasteiger partial charge in [0.1, 0.15) is 6.04 Å². The predicted molar refractivity (Wildman–Crippen MR) is 55.2 cm³/mol. The molecule has 1 unspecified atom stereocenters. The van der Waals surface area contributed by atoms with Gasteiger partial charge in [-0.25, -0.2) is 0 Å². The Morgan fingerprint density at radius 2 is 1.71 bits per heavy atom. The molecule has 0 spiro atoms. The lowest BCUT2D eigenvalue weighted by atomic mass is 9.85. The Balaban J connectivity index is 4.64. The van der Waals surface area contributed by atoms with Crippen LogP contribution in [0.3, 0.4) is 0 Å². The Kier molecular flexibility index (Phi) is 4.09. The van der Waals surface area contributed by atoms with Crippen LogP contribution >= 0.6 is 0 Å². The molecule has 0 bridgehead atoms. The van der Waals surface area contributed by atoms with Gasteiger partial charge in [0.2, 0.25) is 0 Å². The largest absolute Gasteiger partial charge is 0.480 e. The summed E-state index contributed by atoms with van der Waals surface area (Å²) < 4.78 is 0. The van der Waals surface area contributed by atoms with Crippen molar-refractivity contribution in [2.24, 2.45) is 5.41 Å². The average Bonchev–Trinajstić information content (AvgIpc) is 1.98. The summed E-state index contributed by atoms with van der Waals surface area (Å²) in [5.74, 6) is -0.890. The minimum atomic E-state index is -0.890. The molecule has 3 N–H and O–H groups in total. The van der Waals surface area contributed by atoms with Gasteiger partial charge in [0.15, 0.2) is 0 Å². The number of aliphatic hydroxyl groups excluding tert-OH is 1. The molecule has 14 heavy (non-hydrogen) atoms. The van der Waals surface area contributed by atoms with E-state index < -0.39 is 17.6 Å². The van der Waals surface area contributed by atoms with Crippen molar-refractivity contribution in [3.8, 4) is 0 Å². The van der Waals surface area contributed by atoms with Gasteiger partial charge in [-0.3, -0.25) is 10.1 Å². The van der Waals surface area contributed by atoms with E-state index in [1.807, 2.05) is 20.8 Å². The van der Waals surface area contributed by atoms with Crippen molar-refractivity contribution < 1.29 is 15.0 Å². The van der Waals surface area contributed by atoms with Gasteiger partial charge >= 0.3 is 5.97 Å². The van der Waals surface area contributed by atoms with Crippen LogP contribution in [0, 0.1) is 5.41 Å². The quantitative estimate of drug-likeness (QED) is 0.633. The van der Waals surface area contributed by atoms with E-state index in [1.165, 1.54) is 0 Å². The Morgan fingerprint density at radius 3 is 1.93 bits per heavy atom. The first-order chi connectivity index (χ1) is 6.10. The first-order valence-corrected chi connectivity index (χ1v) is 4.71. The molecule has 0 aliphatic rings. The zero-order valence-electron chi connectivity index (χ0n) is 9.59. The fraction of sp³-hybridized carbons (Fsp3) is 0.900. The lowest BCUT2D eigenvalue weighted by Crippen LogP contribution is -2.56. The third kappa shape index (κ3) is 4.07. The molecule has 84 valence electrons. The minimum Gasteiger partial charge on any atom is -0.480 e. The fourth-order valence-electron chi connectivity index (χ4n) is 1.09. The number of nitrogens with one attached hydrogen (secondary N) is 1. The second-order valence-corrected chi connectivity index (χ2v) is 5.32. The number of aliphatic carboxylic acids is 1. The number of rotatable bonds is 4. The highest BCUT2D eigenvalue weighted by molar-refractivity contribution is 5.74. The Bertz CT molecular complexity index is 206. The van der Waals surface area contributed by atoms with E-state index in [2.05, 4.69) is 5.32 Å². The summed E-state index contributed by atoms with van der Waals surface area (Å²) in [6.45, 7) is 9.01. The van der Waals surface area contributed by atoms with Crippen LogP contribution in [-0.4, -0.2) is 34.4 Å². The molecule has 0 aliphatic carbocycles. The van der Waals surface area contributed by atoms with Gasteiger partial charge in [0, 0.05) is 5.54 Å². The smallest absolute Gasteiger partial charge is 0.321 e. The maximum atomic E-state index is 11.0. The van der Waals surface area contributed by atoms with Crippen LogP contribution in [0.4, 0.5) is 0 Å². The molecule has 0 heterocycles. The molecule has 0 aromatic carbocycles. The molecule has 1 atom stereocenters. The van der Waals surface area contributed by atoms with E-state index in [4.69, 9.17) is 10.2 Å². The van der Waals surface area contributed by atoms with Gasteiger partial charge in [-0.2, -0.15) is 0 Å². The first-order valence-electron chi connectivity index (χ1n) is 4.71. The number of aliphatic hydroxyl groups is 1. The highest BCUT2D eigenvalue weighted by Gasteiger charge is 2.35. The normalized spacial score (nSPS) is 15.3. The summed E-state index contributed by atoms with van der Waals surface area (Å²) in [6, 6.07) is -0.662. The van der Waals surface area contributed by atoms with Gasteiger partial charge in [0.05, 0.1) is 6.61 Å². The molecule has 0 radical (unpaired) electrons. The van der Waals surface area contributed by atoms with Crippen molar-refractivity contribution in [2.75, 3.05) is 6.61 Å². The molecule has 0 saturated heterocycles. The number of carboxylic acid groups (broad SMARTS) is 1. The molecule has 0 aromatic rings. The van der Waals surface area contributed by atoms with Crippen LogP contribution in [0.2, 0.25) is 0 Å². The van der Waals surface area contributed by atoms with Gasteiger partial charge in [-0.15, -0.1) is 0 Å². The maximum absolute atomic E-state index is 11.0. The molecule has 0 rings (SSSR count). The molecule has 0 saturated carbocycles. The minimum absolute atomic E-state index is 0.0904. The molecular formula is C10H21NO3. The Labute approximate surface area is 85.3 Å². The van der Waals surface area contributed by atoms with E-state index in [1.54, 1.807) is 13.8 Å². The van der Waals surface area contributed by atoms with Gasteiger partial charge in [-0.1, -0.05) is 20.8 Å². The summed E-state index contributed by atoms with van der Waals surface area (Å²) in [5, 5.41) is 21.0. The zero-order chi connectivity index (χ0) is 11.6. The predicted octanol–water partition coefficient (Wildman–Crippen LogP) is 0.846. The number of carbonyl (C=O) groups is 1. The summed E-state index contributed by atoms with van der Waals surface area (Å²) in [4.78, 5) is 11.0. The van der Waals surface area contributed by atoms with Crippen LogP contribution < -0.4 is 5.32 Å². The lowest BCUT2D eigenvalue weighted by molar-refractivity contribution is -0.143. The van der Waals surface area contributed by atoms with E-state index in [0.717, 1.165) is 0 Å².